The number of aryl methyl sites for hydroxylation is 1. The molecule has 0 saturated heterocycles. The minimum atomic E-state index is -0.564. The molecule has 0 N–H and O–H groups in total. The fourth-order valence-electron chi connectivity index (χ4n) is 2.23. The van der Waals surface area contributed by atoms with Gasteiger partial charge in [-0.05, 0) is 43.3 Å². The van der Waals surface area contributed by atoms with E-state index in [1.165, 1.54) is 0 Å². The number of nitrogens with zero attached hydrogens (tertiary/aromatic N) is 2. The van der Waals surface area contributed by atoms with Crippen LogP contribution in [-0.2, 0) is 0 Å². The van der Waals surface area contributed by atoms with Crippen LogP contribution in [0.3, 0.4) is 0 Å². The van der Waals surface area contributed by atoms with Gasteiger partial charge in [0.25, 0.3) is 5.89 Å². The molecule has 3 heterocycles. The van der Waals surface area contributed by atoms with Crippen molar-refractivity contribution >= 4 is 22.6 Å². The van der Waals surface area contributed by atoms with Gasteiger partial charge in [-0.15, -0.1) is 0 Å². The molecule has 0 fully saturated rings. The Hall–Kier alpha value is -2.86. The first kappa shape index (κ1) is 13.8. The van der Waals surface area contributed by atoms with Crippen LogP contribution < -0.4 is 5.63 Å². The molecule has 23 heavy (non-hydrogen) atoms. The van der Waals surface area contributed by atoms with E-state index in [4.69, 9.17) is 25.0 Å². The highest BCUT2D eigenvalue weighted by Crippen LogP contribution is 2.25. The fourth-order valence-corrected chi connectivity index (χ4v) is 2.41. The lowest BCUT2D eigenvalue weighted by molar-refractivity contribution is 0.426. The van der Waals surface area contributed by atoms with E-state index in [1.54, 1.807) is 36.4 Å². The number of hydrogen-bond donors (Lipinski definition) is 0. The quantitative estimate of drug-likeness (QED) is 0.516. The standard InChI is InChI=1S/C16H9ClN2O4/c1-8-2-4-13(21-8)14-18-15(23-19-14)11-7-9-6-10(17)3-5-12(9)22-16(11)20/h2-7H,1H3. The van der Waals surface area contributed by atoms with Gasteiger partial charge in [-0.1, -0.05) is 16.8 Å². The number of rotatable bonds is 2. The Balaban J connectivity index is 1.84. The molecule has 1 aromatic carbocycles. The summed E-state index contributed by atoms with van der Waals surface area (Å²) < 4.78 is 15.8. The normalized spacial score (nSPS) is 11.2. The van der Waals surface area contributed by atoms with E-state index in [9.17, 15) is 4.79 Å². The summed E-state index contributed by atoms with van der Waals surface area (Å²) in [5.41, 5.74) is 0.0389. The second-order valence-electron chi connectivity index (χ2n) is 4.96. The minimum absolute atomic E-state index is 0.0599. The third-order valence-electron chi connectivity index (χ3n) is 3.31. The van der Waals surface area contributed by atoms with Gasteiger partial charge in [-0.2, -0.15) is 4.98 Å². The van der Waals surface area contributed by atoms with Crippen LogP contribution in [0.5, 0.6) is 0 Å². The van der Waals surface area contributed by atoms with Crippen molar-refractivity contribution in [1.82, 2.24) is 10.1 Å². The Labute approximate surface area is 134 Å². The van der Waals surface area contributed by atoms with Crippen LogP contribution in [0.4, 0.5) is 0 Å². The van der Waals surface area contributed by atoms with Gasteiger partial charge in [0.15, 0.2) is 5.76 Å². The molecular formula is C16H9ClN2O4. The summed E-state index contributed by atoms with van der Waals surface area (Å²) in [5, 5.41) is 5.03. The Kier molecular flexibility index (Phi) is 3.06. The summed E-state index contributed by atoms with van der Waals surface area (Å²) >= 11 is 5.96. The second-order valence-corrected chi connectivity index (χ2v) is 5.40. The maximum Gasteiger partial charge on any atom is 0.349 e. The van der Waals surface area contributed by atoms with Gasteiger partial charge in [0.2, 0.25) is 5.82 Å². The first-order valence-corrected chi connectivity index (χ1v) is 7.12. The van der Waals surface area contributed by atoms with E-state index >= 15 is 0 Å². The van der Waals surface area contributed by atoms with E-state index in [2.05, 4.69) is 10.1 Å². The first-order valence-electron chi connectivity index (χ1n) is 6.74. The average molecular weight is 329 g/mol. The van der Waals surface area contributed by atoms with Gasteiger partial charge in [-0.3, -0.25) is 0 Å². The molecule has 0 radical (unpaired) electrons. The summed E-state index contributed by atoms with van der Waals surface area (Å²) in [4.78, 5) is 16.3. The monoisotopic (exact) mass is 328 g/mol. The summed E-state index contributed by atoms with van der Waals surface area (Å²) in [7, 11) is 0. The van der Waals surface area contributed by atoms with E-state index in [0.717, 1.165) is 5.76 Å². The van der Waals surface area contributed by atoms with Crippen LogP contribution in [-0.4, -0.2) is 10.1 Å². The number of benzene rings is 1. The van der Waals surface area contributed by atoms with Gasteiger partial charge in [-0.25, -0.2) is 4.79 Å². The van der Waals surface area contributed by atoms with Crippen molar-refractivity contribution in [2.45, 2.75) is 6.92 Å². The molecular weight excluding hydrogens is 320 g/mol. The summed E-state index contributed by atoms with van der Waals surface area (Å²) in [5.74, 6) is 1.51. The number of furan rings is 1. The summed E-state index contributed by atoms with van der Waals surface area (Å²) in [6.07, 6.45) is 0. The highest BCUT2D eigenvalue weighted by molar-refractivity contribution is 6.31. The highest BCUT2D eigenvalue weighted by atomic mass is 35.5. The molecule has 0 aliphatic heterocycles. The molecule has 0 atom stereocenters. The van der Waals surface area contributed by atoms with Crippen LogP contribution in [0.15, 0.2) is 54.6 Å². The molecule has 0 saturated carbocycles. The van der Waals surface area contributed by atoms with Crippen molar-refractivity contribution in [3.63, 3.8) is 0 Å². The second kappa shape index (κ2) is 5.10. The molecule has 114 valence electrons. The van der Waals surface area contributed by atoms with Crippen LogP contribution in [0, 0.1) is 6.92 Å². The third-order valence-corrected chi connectivity index (χ3v) is 3.55. The topological polar surface area (TPSA) is 82.3 Å². The predicted octanol–water partition coefficient (Wildman–Crippen LogP) is 4.06. The van der Waals surface area contributed by atoms with Crippen LogP contribution in [0.1, 0.15) is 5.76 Å². The maximum atomic E-state index is 12.1. The Bertz CT molecular complexity index is 1080. The third kappa shape index (κ3) is 2.43. The number of halogens is 1. The molecule has 4 aromatic rings. The van der Waals surface area contributed by atoms with Crippen LogP contribution in [0.2, 0.25) is 5.02 Å². The Morgan fingerprint density at radius 3 is 2.74 bits per heavy atom. The van der Waals surface area contributed by atoms with E-state index < -0.39 is 5.63 Å². The molecule has 3 aromatic heterocycles. The van der Waals surface area contributed by atoms with Crippen LogP contribution in [0.25, 0.3) is 34.0 Å². The zero-order valence-corrected chi connectivity index (χ0v) is 12.6. The SMILES string of the molecule is Cc1ccc(-c2noc(-c3cc4cc(Cl)ccc4oc3=O)n2)o1. The Morgan fingerprint density at radius 1 is 1.09 bits per heavy atom. The van der Waals surface area contributed by atoms with E-state index in [0.29, 0.717) is 21.8 Å². The lowest BCUT2D eigenvalue weighted by Crippen LogP contribution is -2.02. The van der Waals surface area contributed by atoms with Gasteiger partial charge in [0, 0.05) is 10.4 Å². The lowest BCUT2D eigenvalue weighted by Gasteiger charge is -1.98. The average Bonchev–Trinajstić information content (AvgIpc) is 3.16. The van der Waals surface area contributed by atoms with Crippen molar-refractivity contribution in [1.29, 1.82) is 0 Å². The van der Waals surface area contributed by atoms with Crippen molar-refractivity contribution < 1.29 is 13.4 Å². The molecule has 0 spiro atoms. The molecule has 7 heteroatoms. The Morgan fingerprint density at radius 2 is 1.96 bits per heavy atom. The molecule has 4 rings (SSSR count). The van der Waals surface area contributed by atoms with Gasteiger partial charge < -0.3 is 13.4 Å². The molecule has 6 nitrogen and oxygen atoms in total. The summed E-state index contributed by atoms with van der Waals surface area (Å²) in [6, 6.07) is 10.1. The number of fused-ring (bicyclic) bond motifs is 1. The fraction of sp³-hybridized carbons (Fsp3) is 0.0625. The summed E-state index contributed by atoms with van der Waals surface area (Å²) in [6.45, 7) is 1.81. The largest absolute Gasteiger partial charge is 0.458 e. The molecule has 0 unspecified atom stereocenters. The van der Waals surface area contributed by atoms with E-state index in [-0.39, 0.29) is 17.3 Å². The van der Waals surface area contributed by atoms with Gasteiger partial charge in [0.1, 0.15) is 16.9 Å². The molecule has 0 bridgehead atoms. The van der Waals surface area contributed by atoms with Crippen molar-refractivity contribution in [2.75, 3.05) is 0 Å². The predicted molar refractivity (Wildman–Crippen MR) is 83.2 cm³/mol. The smallest absolute Gasteiger partial charge is 0.349 e. The van der Waals surface area contributed by atoms with E-state index in [1.807, 2.05) is 6.92 Å². The van der Waals surface area contributed by atoms with Crippen molar-refractivity contribution in [2.24, 2.45) is 0 Å². The van der Waals surface area contributed by atoms with Crippen molar-refractivity contribution in [3.05, 3.63) is 57.6 Å². The van der Waals surface area contributed by atoms with Gasteiger partial charge >= 0.3 is 5.63 Å². The first-order chi connectivity index (χ1) is 11.1. The lowest BCUT2D eigenvalue weighted by atomic mass is 10.2. The zero-order valence-electron chi connectivity index (χ0n) is 11.9. The zero-order chi connectivity index (χ0) is 16.0. The number of hydrogen-bond acceptors (Lipinski definition) is 6. The van der Waals surface area contributed by atoms with Crippen molar-refractivity contribution in [3.8, 4) is 23.0 Å². The van der Waals surface area contributed by atoms with Crippen LogP contribution >= 0.6 is 11.6 Å². The molecule has 0 aliphatic carbocycles. The molecule has 0 aliphatic rings. The van der Waals surface area contributed by atoms with Gasteiger partial charge in [0.05, 0.1) is 0 Å². The molecule has 0 amide bonds. The highest BCUT2D eigenvalue weighted by Gasteiger charge is 2.17. The number of aromatic nitrogens is 2. The minimum Gasteiger partial charge on any atom is -0.458 e. The maximum absolute atomic E-state index is 12.1.